The first-order chi connectivity index (χ1) is 23.4. The van der Waals surface area contributed by atoms with Gasteiger partial charge >= 0.3 is 5.97 Å². The fourth-order valence-electron chi connectivity index (χ4n) is 6.67. The van der Waals surface area contributed by atoms with Gasteiger partial charge in [0.1, 0.15) is 11.6 Å². The Bertz CT molecular complexity index is 1400. The van der Waals surface area contributed by atoms with Crippen LogP contribution in [-0.4, -0.2) is 72.6 Å². The smallest absolute Gasteiger partial charge is 0.308 e. The summed E-state index contributed by atoms with van der Waals surface area (Å²) >= 11 is 0. The van der Waals surface area contributed by atoms with Crippen molar-refractivity contribution in [3.8, 4) is 0 Å². The summed E-state index contributed by atoms with van der Waals surface area (Å²) in [5.41, 5.74) is 1.52. The van der Waals surface area contributed by atoms with E-state index in [0.29, 0.717) is 50.0 Å². The zero-order valence-corrected chi connectivity index (χ0v) is 29.5. The Kier molecular flexibility index (Phi) is 15.6. The molecule has 1 aliphatic rings. The van der Waals surface area contributed by atoms with Crippen molar-refractivity contribution in [3.05, 3.63) is 70.3 Å². The molecule has 9 nitrogen and oxygen atoms in total. The molecular formula is C38H53F2N3O6. The maximum absolute atomic E-state index is 14.1. The van der Waals surface area contributed by atoms with Gasteiger partial charge in [0.25, 0.3) is 11.8 Å². The summed E-state index contributed by atoms with van der Waals surface area (Å²) in [5, 5.41) is 17.3. The van der Waals surface area contributed by atoms with E-state index in [9.17, 15) is 33.1 Å². The molecule has 2 aromatic carbocycles. The topological polar surface area (TPSA) is 125 Å². The predicted octanol–water partition coefficient (Wildman–Crippen LogP) is 5.75. The molecule has 0 heterocycles. The third-order valence-electron chi connectivity index (χ3n) is 9.36. The van der Waals surface area contributed by atoms with Crippen LogP contribution < -0.4 is 10.6 Å². The quantitative estimate of drug-likeness (QED) is 0.182. The van der Waals surface area contributed by atoms with Crippen molar-refractivity contribution < 1.29 is 37.8 Å². The molecule has 3 N–H and O–H groups in total. The Labute approximate surface area is 289 Å². The van der Waals surface area contributed by atoms with E-state index in [0.717, 1.165) is 43.9 Å². The number of aryl methyl sites for hydroxylation is 1. The minimum absolute atomic E-state index is 0.000703. The minimum atomic E-state index is -1.24. The fourth-order valence-corrected chi connectivity index (χ4v) is 6.67. The van der Waals surface area contributed by atoms with E-state index < -0.39 is 35.6 Å². The summed E-state index contributed by atoms with van der Waals surface area (Å²) in [7, 11) is 1.39. The van der Waals surface area contributed by atoms with Gasteiger partial charge in [-0.25, -0.2) is 8.78 Å². The molecule has 0 aliphatic heterocycles. The molecule has 0 saturated heterocycles. The highest BCUT2D eigenvalue weighted by Gasteiger charge is 2.30. The van der Waals surface area contributed by atoms with Crippen molar-refractivity contribution >= 4 is 23.7 Å². The highest BCUT2D eigenvalue weighted by molar-refractivity contribution is 6.00. The van der Waals surface area contributed by atoms with Crippen molar-refractivity contribution in [1.29, 1.82) is 0 Å². The maximum atomic E-state index is 14.1. The number of methoxy groups -OCH3 is 1. The number of nitrogens with zero attached hydrogens (tertiary/aromatic N) is 1. The number of rotatable bonds is 17. The number of benzene rings is 2. The Balaban J connectivity index is 1.76. The summed E-state index contributed by atoms with van der Waals surface area (Å²) in [5.74, 6) is -3.22. The Morgan fingerprint density at radius 1 is 0.918 bits per heavy atom. The lowest BCUT2D eigenvalue weighted by atomic mass is 9.82. The average molecular weight is 686 g/mol. The largest absolute Gasteiger partial charge is 0.469 e. The van der Waals surface area contributed by atoms with E-state index in [1.54, 1.807) is 24.0 Å². The summed E-state index contributed by atoms with van der Waals surface area (Å²) in [4.78, 5) is 53.9. The molecule has 2 aromatic rings. The molecule has 3 amide bonds. The summed E-state index contributed by atoms with van der Waals surface area (Å²) in [6, 6.07) is 6.94. The number of halogens is 2. The van der Waals surface area contributed by atoms with Crippen molar-refractivity contribution in [1.82, 2.24) is 15.5 Å². The first-order valence-corrected chi connectivity index (χ1v) is 17.6. The van der Waals surface area contributed by atoms with Gasteiger partial charge in [-0.2, -0.15) is 0 Å². The maximum Gasteiger partial charge on any atom is 0.308 e. The summed E-state index contributed by atoms with van der Waals surface area (Å²) in [6.07, 6.45) is 3.66. The molecule has 0 radical (unpaired) electrons. The van der Waals surface area contributed by atoms with E-state index in [-0.39, 0.29) is 53.6 Å². The molecule has 3 rings (SSSR count). The van der Waals surface area contributed by atoms with Gasteiger partial charge in [-0.05, 0) is 112 Å². The normalized spacial score (nSPS) is 17.8. The number of ether oxygens (including phenoxy) is 1. The molecule has 0 spiro atoms. The Hall–Kier alpha value is -3.86. The van der Waals surface area contributed by atoms with Gasteiger partial charge in [0.2, 0.25) is 5.91 Å². The number of nitrogens with one attached hydrogen (secondary N) is 2. The minimum Gasteiger partial charge on any atom is -0.469 e. The van der Waals surface area contributed by atoms with Crippen LogP contribution in [0.4, 0.5) is 8.78 Å². The van der Waals surface area contributed by atoms with Gasteiger partial charge in [0.15, 0.2) is 0 Å². The van der Waals surface area contributed by atoms with Crippen LogP contribution in [0.1, 0.15) is 104 Å². The fraction of sp³-hybridized carbons (Fsp3) is 0.579. The number of carbonyl (C=O) groups excluding carboxylic acids is 4. The Morgan fingerprint density at radius 2 is 1.53 bits per heavy atom. The van der Waals surface area contributed by atoms with Crippen LogP contribution >= 0.6 is 0 Å². The molecule has 3 atom stereocenters. The van der Waals surface area contributed by atoms with Crippen molar-refractivity contribution in [2.75, 3.05) is 26.7 Å². The van der Waals surface area contributed by atoms with Crippen molar-refractivity contribution in [2.45, 2.75) is 97.6 Å². The number of aliphatic hydroxyl groups is 1. The van der Waals surface area contributed by atoms with E-state index in [2.05, 4.69) is 10.6 Å². The van der Waals surface area contributed by atoms with Gasteiger partial charge < -0.3 is 25.4 Å². The highest BCUT2D eigenvalue weighted by atomic mass is 19.1. The van der Waals surface area contributed by atoms with E-state index in [1.807, 2.05) is 20.8 Å². The number of hydrogen-bond acceptors (Lipinski definition) is 6. The third kappa shape index (κ3) is 11.9. The lowest BCUT2D eigenvalue weighted by Gasteiger charge is -2.29. The number of carbonyl (C=O) groups is 4. The molecule has 11 heteroatoms. The lowest BCUT2D eigenvalue weighted by molar-refractivity contribution is -0.146. The van der Waals surface area contributed by atoms with Crippen LogP contribution in [0.25, 0.3) is 0 Å². The second-order valence-electron chi connectivity index (χ2n) is 13.3. The van der Waals surface area contributed by atoms with Gasteiger partial charge in [-0.1, -0.05) is 20.8 Å². The average Bonchev–Trinajstić information content (AvgIpc) is 3.07. The Morgan fingerprint density at radius 3 is 2.10 bits per heavy atom. The molecule has 49 heavy (non-hydrogen) atoms. The van der Waals surface area contributed by atoms with E-state index in [1.165, 1.54) is 13.2 Å². The molecule has 0 bridgehead atoms. The first kappa shape index (κ1) is 39.6. The van der Waals surface area contributed by atoms with Crippen LogP contribution in [0.15, 0.2) is 36.4 Å². The molecule has 1 fully saturated rings. The van der Waals surface area contributed by atoms with Crippen LogP contribution in [0.5, 0.6) is 0 Å². The van der Waals surface area contributed by atoms with E-state index in [4.69, 9.17) is 4.74 Å². The van der Waals surface area contributed by atoms with Crippen LogP contribution in [0, 0.1) is 36.3 Å². The molecule has 1 saturated carbocycles. The van der Waals surface area contributed by atoms with Crippen molar-refractivity contribution in [3.63, 3.8) is 0 Å². The zero-order chi connectivity index (χ0) is 36.1. The van der Waals surface area contributed by atoms with Crippen LogP contribution in [-0.2, 0) is 20.7 Å². The van der Waals surface area contributed by atoms with E-state index >= 15 is 0 Å². The first-order valence-electron chi connectivity index (χ1n) is 17.6. The molecule has 0 aromatic heterocycles. The SMILES string of the molecule is CCCN(CCC)C(=O)c1cc(C)cc(C(=O)N[C@@H](Cc2cc(F)cc(F)c2)[C@@H](O)C[C@@H](CC)C(=O)NCC2CCC(C(=O)OC)CC2)c1. The molecule has 0 unspecified atom stereocenters. The molecular weight excluding hydrogens is 632 g/mol. The van der Waals surface area contributed by atoms with Gasteiger partial charge in [-0.15, -0.1) is 0 Å². The molecule has 1 aliphatic carbocycles. The zero-order valence-electron chi connectivity index (χ0n) is 29.5. The summed E-state index contributed by atoms with van der Waals surface area (Å²) < 4.78 is 33.1. The second kappa shape index (κ2) is 19.4. The predicted molar refractivity (Wildman–Crippen MR) is 184 cm³/mol. The van der Waals surface area contributed by atoms with Gasteiger partial charge in [0, 0.05) is 42.7 Å². The number of esters is 1. The number of aliphatic hydroxyl groups excluding tert-OH is 1. The van der Waals surface area contributed by atoms with Crippen molar-refractivity contribution in [2.24, 2.45) is 17.8 Å². The van der Waals surface area contributed by atoms with Crippen LogP contribution in [0.2, 0.25) is 0 Å². The second-order valence-corrected chi connectivity index (χ2v) is 13.3. The van der Waals surface area contributed by atoms with Crippen LogP contribution in [0.3, 0.4) is 0 Å². The van der Waals surface area contributed by atoms with Gasteiger partial charge in [0.05, 0.1) is 25.2 Å². The monoisotopic (exact) mass is 685 g/mol. The molecule has 270 valence electrons. The number of amides is 3. The lowest BCUT2D eigenvalue weighted by Crippen LogP contribution is -2.47. The van der Waals surface area contributed by atoms with Gasteiger partial charge in [-0.3, -0.25) is 19.2 Å². The third-order valence-corrected chi connectivity index (χ3v) is 9.36. The standard InChI is InChI=1S/C38H53F2N3O6/c1-6-13-43(14-7-2)37(47)30-16-24(4)15-29(20-30)36(46)42-33(19-26-17-31(39)22-32(40)18-26)34(44)21-27(8-3)35(45)41-23-25-9-11-28(12-10-25)38(48)49-5/h15-18,20,22,25,27-28,33-34,44H,6-14,19,21,23H2,1-5H3,(H,41,45)(H,42,46)/t25?,27-,28?,33+,34+/m1/s1. The number of hydrogen-bond donors (Lipinski definition) is 3. The highest BCUT2D eigenvalue weighted by Crippen LogP contribution is 2.29. The summed E-state index contributed by atoms with van der Waals surface area (Å²) in [6.45, 7) is 9.23.